The van der Waals surface area contributed by atoms with E-state index in [-0.39, 0.29) is 10.6 Å². The summed E-state index contributed by atoms with van der Waals surface area (Å²) >= 11 is 3.20. The molecule has 0 spiro atoms. The van der Waals surface area contributed by atoms with Gasteiger partial charge in [-0.15, -0.1) is 0 Å². The molecule has 1 saturated heterocycles. The Morgan fingerprint density at radius 1 is 1.45 bits per heavy atom. The van der Waals surface area contributed by atoms with E-state index in [1.807, 2.05) is 6.07 Å². The number of nitrogens with zero attached hydrogens (tertiary/aromatic N) is 2. The van der Waals surface area contributed by atoms with Crippen molar-refractivity contribution in [2.24, 2.45) is 0 Å². The van der Waals surface area contributed by atoms with Crippen LogP contribution in [0.4, 0.5) is 5.69 Å². The minimum absolute atomic E-state index is 0.122. The summed E-state index contributed by atoms with van der Waals surface area (Å²) in [6.45, 7) is 6.24. The van der Waals surface area contributed by atoms with Gasteiger partial charge in [-0.1, -0.05) is 6.07 Å². The van der Waals surface area contributed by atoms with Gasteiger partial charge in [0.25, 0.3) is 5.69 Å². The quantitative estimate of drug-likeness (QED) is 0.638. The molecule has 1 atom stereocenters. The van der Waals surface area contributed by atoms with Crippen molar-refractivity contribution in [1.82, 2.24) is 10.2 Å². The van der Waals surface area contributed by atoms with Gasteiger partial charge in [-0.25, -0.2) is 0 Å². The molecule has 1 aliphatic rings. The summed E-state index contributed by atoms with van der Waals surface area (Å²) in [7, 11) is 0. The minimum atomic E-state index is -0.360. The molecule has 1 aromatic rings. The second kappa shape index (κ2) is 7.15. The maximum Gasteiger partial charge on any atom is 0.283 e. The standard InChI is InChI=1S/C14H20BrN3O2/c1-11(10-17-6-2-3-7-17)16-9-12-4-5-13(15)14(8-12)18(19)20/h4-5,8,11,16H,2-3,6-7,9-10H2,1H3. The molecule has 0 aliphatic carbocycles. The number of rotatable bonds is 6. The first-order chi connectivity index (χ1) is 9.56. The van der Waals surface area contributed by atoms with Gasteiger partial charge in [0.05, 0.1) is 9.40 Å². The molecule has 0 radical (unpaired) electrons. The Labute approximate surface area is 127 Å². The average Bonchev–Trinajstić information content (AvgIpc) is 2.90. The van der Waals surface area contributed by atoms with Crippen molar-refractivity contribution in [3.05, 3.63) is 38.3 Å². The second-order valence-electron chi connectivity index (χ2n) is 5.33. The number of nitro groups is 1. The molecule has 0 saturated carbocycles. The van der Waals surface area contributed by atoms with Crippen LogP contribution in [0, 0.1) is 10.1 Å². The average molecular weight is 342 g/mol. The van der Waals surface area contributed by atoms with Crippen LogP contribution in [0.3, 0.4) is 0 Å². The molecule has 0 aromatic heterocycles. The molecule has 20 heavy (non-hydrogen) atoms. The van der Waals surface area contributed by atoms with Crippen LogP contribution in [0.5, 0.6) is 0 Å². The molecule has 1 unspecified atom stereocenters. The molecule has 1 fully saturated rings. The van der Waals surface area contributed by atoms with Crippen LogP contribution in [-0.4, -0.2) is 35.5 Å². The van der Waals surface area contributed by atoms with Gasteiger partial charge in [0, 0.05) is 25.2 Å². The van der Waals surface area contributed by atoms with Crippen LogP contribution < -0.4 is 5.32 Å². The Morgan fingerprint density at radius 2 is 2.15 bits per heavy atom. The molecule has 2 rings (SSSR count). The highest BCUT2D eigenvalue weighted by molar-refractivity contribution is 9.10. The fraction of sp³-hybridized carbons (Fsp3) is 0.571. The number of nitro benzene ring substituents is 1. The van der Waals surface area contributed by atoms with Crippen LogP contribution in [0.2, 0.25) is 0 Å². The van der Waals surface area contributed by atoms with E-state index in [1.54, 1.807) is 12.1 Å². The largest absolute Gasteiger partial charge is 0.309 e. The monoisotopic (exact) mass is 341 g/mol. The smallest absolute Gasteiger partial charge is 0.283 e. The normalized spacial score (nSPS) is 17.3. The summed E-state index contributed by atoms with van der Waals surface area (Å²) in [5.41, 5.74) is 1.06. The molecule has 6 heteroatoms. The van der Waals surface area contributed by atoms with Gasteiger partial charge in [-0.2, -0.15) is 0 Å². The highest BCUT2D eigenvalue weighted by atomic mass is 79.9. The molecular formula is C14H20BrN3O2. The van der Waals surface area contributed by atoms with E-state index in [1.165, 1.54) is 25.9 Å². The van der Waals surface area contributed by atoms with Gasteiger partial charge in [0.15, 0.2) is 0 Å². The summed E-state index contributed by atoms with van der Waals surface area (Å²) in [5, 5.41) is 14.3. The Kier molecular flexibility index (Phi) is 5.51. The lowest BCUT2D eigenvalue weighted by Crippen LogP contribution is -2.37. The molecule has 1 heterocycles. The van der Waals surface area contributed by atoms with Crippen molar-refractivity contribution in [1.29, 1.82) is 0 Å². The maximum atomic E-state index is 10.9. The Balaban J connectivity index is 1.86. The van der Waals surface area contributed by atoms with Gasteiger partial charge in [0.1, 0.15) is 0 Å². The summed E-state index contributed by atoms with van der Waals surface area (Å²) in [5.74, 6) is 0. The van der Waals surface area contributed by atoms with Crippen LogP contribution in [-0.2, 0) is 6.54 Å². The zero-order valence-corrected chi connectivity index (χ0v) is 13.2. The first kappa shape index (κ1) is 15.4. The second-order valence-corrected chi connectivity index (χ2v) is 6.19. The topological polar surface area (TPSA) is 58.4 Å². The number of nitrogens with one attached hydrogen (secondary N) is 1. The third-order valence-electron chi connectivity index (χ3n) is 3.59. The van der Waals surface area contributed by atoms with Crippen molar-refractivity contribution in [3.63, 3.8) is 0 Å². The SMILES string of the molecule is CC(CN1CCCC1)NCc1ccc(Br)c([N+](=O)[O-])c1. The van der Waals surface area contributed by atoms with Crippen molar-refractivity contribution in [2.45, 2.75) is 32.4 Å². The fourth-order valence-electron chi connectivity index (χ4n) is 2.52. The van der Waals surface area contributed by atoms with E-state index in [2.05, 4.69) is 33.1 Å². The zero-order valence-electron chi connectivity index (χ0n) is 11.6. The van der Waals surface area contributed by atoms with Gasteiger partial charge in [0.2, 0.25) is 0 Å². The summed E-state index contributed by atoms with van der Waals surface area (Å²) in [6.07, 6.45) is 2.59. The number of hydrogen-bond acceptors (Lipinski definition) is 4. The van der Waals surface area contributed by atoms with Crippen molar-refractivity contribution in [2.75, 3.05) is 19.6 Å². The predicted octanol–water partition coefficient (Wildman–Crippen LogP) is 2.93. The van der Waals surface area contributed by atoms with E-state index in [9.17, 15) is 10.1 Å². The van der Waals surface area contributed by atoms with Crippen LogP contribution in [0.1, 0.15) is 25.3 Å². The summed E-state index contributed by atoms with van der Waals surface area (Å²) < 4.78 is 0.524. The minimum Gasteiger partial charge on any atom is -0.309 e. The Hall–Kier alpha value is -0.980. The van der Waals surface area contributed by atoms with E-state index >= 15 is 0 Å². The lowest BCUT2D eigenvalue weighted by atomic mass is 10.2. The van der Waals surface area contributed by atoms with Crippen LogP contribution >= 0.6 is 15.9 Å². The summed E-state index contributed by atoms with van der Waals surface area (Å²) in [6, 6.07) is 5.66. The molecule has 5 nitrogen and oxygen atoms in total. The lowest BCUT2D eigenvalue weighted by Gasteiger charge is -2.21. The molecule has 1 N–H and O–H groups in total. The van der Waals surface area contributed by atoms with Crippen LogP contribution in [0.25, 0.3) is 0 Å². The van der Waals surface area contributed by atoms with E-state index in [0.29, 0.717) is 17.1 Å². The van der Waals surface area contributed by atoms with Crippen molar-refractivity contribution >= 4 is 21.6 Å². The van der Waals surface area contributed by atoms with E-state index < -0.39 is 0 Å². The third kappa shape index (κ3) is 4.26. The summed E-state index contributed by atoms with van der Waals surface area (Å²) in [4.78, 5) is 13.0. The van der Waals surface area contributed by atoms with Crippen LogP contribution in [0.15, 0.2) is 22.7 Å². The Morgan fingerprint density at radius 3 is 2.80 bits per heavy atom. The van der Waals surface area contributed by atoms with Gasteiger partial charge < -0.3 is 10.2 Å². The molecular weight excluding hydrogens is 322 g/mol. The molecule has 0 amide bonds. The first-order valence-corrected chi connectivity index (χ1v) is 7.74. The van der Waals surface area contributed by atoms with Crippen molar-refractivity contribution < 1.29 is 4.92 Å². The molecule has 1 aromatic carbocycles. The van der Waals surface area contributed by atoms with Crippen molar-refractivity contribution in [3.8, 4) is 0 Å². The van der Waals surface area contributed by atoms with E-state index in [4.69, 9.17) is 0 Å². The zero-order chi connectivity index (χ0) is 14.5. The number of benzene rings is 1. The fourth-order valence-corrected chi connectivity index (χ4v) is 2.91. The van der Waals surface area contributed by atoms with Gasteiger partial charge in [-0.3, -0.25) is 10.1 Å². The van der Waals surface area contributed by atoms with Gasteiger partial charge in [-0.05, 0) is 60.4 Å². The number of hydrogen-bond donors (Lipinski definition) is 1. The van der Waals surface area contributed by atoms with E-state index in [0.717, 1.165) is 12.1 Å². The maximum absolute atomic E-state index is 10.9. The predicted molar refractivity (Wildman–Crippen MR) is 82.8 cm³/mol. The Bertz CT molecular complexity index is 475. The van der Waals surface area contributed by atoms with Gasteiger partial charge >= 0.3 is 0 Å². The first-order valence-electron chi connectivity index (χ1n) is 6.95. The highest BCUT2D eigenvalue weighted by Gasteiger charge is 2.15. The number of halogens is 1. The lowest BCUT2D eigenvalue weighted by molar-refractivity contribution is -0.385. The highest BCUT2D eigenvalue weighted by Crippen LogP contribution is 2.25. The molecule has 0 bridgehead atoms. The third-order valence-corrected chi connectivity index (χ3v) is 4.26. The number of likely N-dealkylation sites (tertiary alicyclic amines) is 1. The molecule has 1 aliphatic heterocycles. The molecule has 110 valence electrons.